The fourth-order valence-electron chi connectivity index (χ4n) is 2.88. The lowest BCUT2D eigenvalue weighted by molar-refractivity contribution is -0.659. The summed E-state index contributed by atoms with van der Waals surface area (Å²) in [5.74, 6) is -1.26. The van der Waals surface area contributed by atoms with Gasteiger partial charge in [0, 0.05) is 27.6 Å². The standard InChI is InChI=1S/C20H32NSi2/c1-16-11-9-10-12-18(16)19-13-17(15-22(3,4)5)20(14-21(19)2)23(6,7)8/h9-14H,15H2,1-8H3/q+1/i15D2. The zero-order chi connectivity index (χ0) is 19.2. The molecule has 1 heterocycles. The molecule has 0 amide bonds. The van der Waals surface area contributed by atoms with Crippen molar-refractivity contribution in [2.45, 2.75) is 52.2 Å². The van der Waals surface area contributed by atoms with Gasteiger partial charge in [0.2, 0.25) is 5.69 Å². The van der Waals surface area contributed by atoms with Crippen LogP contribution in [0.2, 0.25) is 39.3 Å². The van der Waals surface area contributed by atoms with Gasteiger partial charge in [0.05, 0.1) is 8.07 Å². The third kappa shape index (κ3) is 4.42. The van der Waals surface area contributed by atoms with Gasteiger partial charge < -0.3 is 0 Å². The van der Waals surface area contributed by atoms with E-state index in [0.717, 1.165) is 11.3 Å². The van der Waals surface area contributed by atoms with Gasteiger partial charge in [0.1, 0.15) is 7.05 Å². The Balaban J connectivity index is 2.85. The van der Waals surface area contributed by atoms with Crippen molar-refractivity contribution in [2.24, 2.45) is 7.05 Å². The monoisotopic (exact) mass is 344 g/mol. The van der Waals surface area contributed by atoms with Crippen molar-refractivity contribution >= 4 is 21.3 Å². The van der Waals surface area contributed by atoms with E-state index < -0.39 is 22.1 Å². The normalized spacial score (nSPS) is 14.4. The molecule has 0 radical (unpaired) electrons. The zero-order valence-electron chi connectivity index (χ0n) is 17.9. The minimum atomic E-state index is -2.04. The van der Waals surface area contributed by atoms with E-state index >= 15 is 0 Å². The van der Waals surface area contributed by atoms with Crippen LogP contribution in [-0.4, -0.2) is 16.1 Å². The van der Waals surface area contributed by atoms with Crippen molar-refractivity contribution in [2.75, 3.05) is 0 Å². The molecule has 1 nitrogen and oxygen atoms in total. The third-order valence-corrected chi connectivity index (χ3v) is 7.05. The Labute approximate surface area is 147 Å². The Morgan fingerprint density at radius 2 is 1.65 bits per heavy atom. The van der Waals surface area contributed by atoms with E-state index in [-0.39, 0.29) is 0 Å². The van der Waals surface area contributed by atoms with Gasteiger partial charge in [-0.2, -0.15) is 0 Å². The number of benzene rings is 1. The van der Waals surface area contributed by atoms with Crippen LogP contribution in [0.15, 0.2) is 36.5 Å². The molecule has 0 aliphatic carbocycles. The average Bonchev–Trinajstić information content (AvgIpc) is 2.45. The van der Waals surface area contributed by atoms with Gasteiger partial charge in [-0.25, -0.2) is 4.57 Å². The highest BCUT2D eigenvalue weighted by Gasteiger charge is 2.28. The van der Waals surface area contributed by atoms with E-state index in [1.165, 1.54) is 16.3 Å². The SMILES string of the molecule is [2H]C([2H])(c1cc(-c2ccccc2C)[n+](C)cc1[Si](C)(C)C)[Si](C)(C)C. The van der Waals surface area contributed by atoms with Gasteiger partial charge in [-0.05, 0) is 30.1 Å². The molecule has 0 spiro atoms. The molecule has 2 aromatic rings. The van der Waals surface area contributed by atoms with Gasteiger partial charge in [-0.1, -0.05) is 57.5 Å². The lowest BCUT2D eigenvalue weighted by Gasteiger charge is -2.24. The summed E-state index contributed by atoms with van der Waals surface area (Å²) in [6, 6.07) is 10.5. The minimum Gasteiger partial charge on any atom is -0.201 e. The highest BCUT2D eigenvalue weighted by Crippen LogP contribution is 2.22. The summed E-state index contributed by atoms with van der Waals surface area (Å²) >= 11 is 0. The molecule has 23 heavy (non-hydrogen) atoms. The van der Waals surface area contributed by atoms with Crippen molar-refractivity contribution in [3.63, 3.8) is 0 Å². The summed E-state index contributed by atoms with van der Waals surface area (Å²) in [6.07, 6.45) is 2.20. The van der Waals surface area contributed by atoms with Crippen molar-refractivity contribution < 1.29 is 7.31 Å². The molecule has 124 valence electrons. The summed E-state index contributed by atoms with van der Waals surface area (Å²) in [6.45, 7) is 15.4. The zero-order valence-corrected chi connectivity index (χ0v) is 17.9. The van der Waals surface area contributed by atoms with Crippen molar-refractivity contribution in [1.82, 2.24) is 0 Å². The van der Waals surface area contributed by atoms with Crippen molar-refractivity contribution in [3.8, 4) is 11.3 Å². The molecular formula is C20H32NSi2+. The first-order valence-electron chi connectivity index (χ1n) is 9.37. The lowest BCUT2D eigenvalue weighted by Crippen LogP contribution is -2.48. The van der Waals surface area contributed by atoms with Crippen LogP contribution in [0.4, 0.5) is 0 Å². The summed E-state index contributed by atoms with van der Waals surface area (Å²) in [5, 5.41) is 1.24. The largest absolute Gasteiger partial charge is 0.212 e. The Bertz CT molecular complexity index is 787. The molecule has 0 saturated heterocycles. The Hall–Kier alpha value is -1.20. The highest BCUT2D eigenvalue weighted by atomic mass is 28.3. The molecule has 1 aromatic heterocycles. The van der Waals surface area contributed by atoms with E-state index in [2.05, 4.69) is 94.3 Å². The van der Waals surface area contributed by atoms with Crippen molar-refractivity contribution in [1.29, 1.82) is 0 Å². The molecule has 2 rings (SSSR count). The smallest absolute Gasteiger partial charge is 0.201 e. The summed E-state index contributed by atoms with van der Waals surface area (Å²) in [7, 11) is -1.64. The predicted octanol–water partition coefficient (Wildman–Crippen LogP) is 4.45. The Kier molecular flexibility index (Phi) is 4.24. The second kappa shape index (κ2) is 6.36. The average molecular weight is 345 g/mol. The van der Waals surface area contributed by atoms with Crippen molar-refractivity contribution in [3.05, 3.63) is 47.7 Å². The number of aromatic nitrogens is 1. The fraction of sp³-hybridized carbons (Fsp3) is 0.450. The second-order valence-corrected chi connectivity index (χ2v) is 18.3. The molecule has 0 aliphatic rings. The summed E-state index contributed by atoms with van der Waals surface area (Å²) < 4.78 is 20.1. The van der Waals surface area contributed by atoms with E-state index in [0.29, 0.717) is 0 Å². The van der Waals surface area contributed by atoms with Crippen LogP contribution in [-0.2, 0) is 13.0 Å². The van der Waals surface area contributed by atoms with Crippen LogP contribution in [0.3, 0.4) is 0 Å². The van der Waals surface area contributed by atoms with Crippen LogP contribution in [0.5, 0.6) is 0 Å². The topological polar surface area (TPSA) is 3.88 Å². The first-order chi connectivity index (χ1) is 11.3. The summed E-state index contributed by atoms with van der Waals surface area (Å²) in [5.41, 5.74) is 4.41. The highest BCUT2D eigenvalue weighted by molar-refractivity contribution is 6.89. The van der Waals surface area contributed by atoms with Gasteiger partial charge in [-0.15, -0.1) is 0 Å². The minimum absolute atomic E-state index is 0.919. The quantitative estimate of drug-likeness (QED) is 0.570. The predicted molar refractivity (Wildman–Crippen MR) is 108 cm³/mol. The van der Waals surface area contributed by atoms with Crippen LogP contribution >= 0.6 is 0 Å². The number of hydrogen-bond acceptors (Lipinski definition) is 0. The maximum absolute atomic E-state index is 8.96. The molecule has 1 aromatic carbocycles. The van der Waals surface area contributed by atoms with E-state index in [1.807, 2.05) is 0 Å². The van der Waals surface area contributed by atoms with E-state index in [1.54, 1.807) is 0 Å². The summed E-state index contributed by atoms with van der Waals surface area (Å²) in [4.78, 5) is 0. The Morgan fingerprint density at radius 1 is 1.04 bits per heavy atom. The molecule has 3 heteroatoms. The lowest BCUT2D eigenvalue weighted by atomic mass is 10.0. The number of nitrogens with zero attached hydrogens (tertiary/aromatic N) is 1. The Morgan fingerprint density at radius 3 is 2.17 bits per heavy atom. The maximum Gasteiger partial charge on any atom is 0.212 e. The van der Waals surface area contributed by atoms with Gasteiger partial charge >= 0.3 is 0 Å². The molecule has 0 aliphatic heterocycles. The van der Waals surface area contributed by atoms with Crippen LogP contribution < -0.4 is 9.75 Å². The van der Waals surface area contributed by atoms with Gasteiger partial charge in [-0.3, -0.25) is 0 Å². The maximum atomic E-state index is 8.96. The van der Waals surface area contributed by atoms with Crippen LogP contribution in [0.1, 0.15) is 13.9 Å². The molecule has 0 fully saturated rings. The molecule has 0 unspecified atom stereocenters. The molecular weight excluding hydrogens is 310 g/mol. The molecule has 0 bridgehead atoms. The first kappa shape index (κ1) is 15.3. The van der Waals surface area contributed by atoms with E-state index in [9.17, 15) is 0 Å². The molecule has 0 atom stereocenters. The van der Waals surface area contributed by atoms with E-state index in [4.69, 9.17) is 2.74 Å². The number of pyridine rings is 1. The van der Waals surface area contributed by atoms with Gasteiger partial charge in [0.25, 0.3) is 0 Å². The van der Waals surface area contributed by atoms with Gasteiger partial charge in [0.15, 0.2) is 6.20 Å². The van der Waals surface area contributed by atoms with Crippen LogP contribution in [0.25, 0.3) is 11.3 Å². The third-order valence-electron chi connectivity index (χ3n) is 4.01. The number of aryl methyl sites for hydroxylation is 2. The number of rotatable bonds is 4. The first-order valence-corrected chi connectivity index (χ1v) is 15.4. The van der Waals surface area contributed by atoms with Crippen LogP contribution in [0, 0.1) is 6.92 Å². The fourth-order valence-corrected chi connectivity index (χ4v) is 5.55. The molecule has 0 saturated carbocycles. The second-order valence-electron chi connectivity index (χ2n) is 8.54. The number of hydrogen-bond donors (Lipinski definition) is 0. The molecule has 0 N–H and O–H groups in total.